The summed E-state index contributed by atoms with van der Waals surface area (Å²) in [4.78, 5) is 13.4. The van der Waals surface area contributed by atoms with Crippen LogP contribution in [0.15, 0.2) is 42.4 Å². The van der Waals surface area contributed by atoms with Gasteiger partial charge in [-0.1, -0.05) is 30.3 Å². The molecule has 0 amide bonds. The average molecular weight is 221 g/mol. The lowest BCUT2D eigenvalue weighted by Gasteiger charge is -2.14. The second kappa shape index (κ2) is 6.05. The zero-order valence-electron chi connectivity index (χ0n) is 9.61. The molecule has 0 fully saturated rings. The normalized spacial score (nSPS) is 11.3. The van der Waals surface area contributed by atoms with Crippen LogP contribution >= 0.6 is 0 Å². The summed E-state index contributed by atoms with van der Waals surface area (Å²) in [5.74, 6) is -1.28. The highest BCUT2D eigenvalue weighted by Crippen LogP contribution is 2.10. The molecule has 0 aliphatic rings. The van der Waals surface area contributed by atoms with Crippen LogP contribution in [-0.4, -0.2) is 23.8 Å². The Kier molecular flexibility index (Phi) is 4.70. The van der Waals surface area contributed by atoms with Gasteiger partial charge in [-0.05, 0) is 13.8 Å². The number of hydrogen-bond donors (Lipinski definition) is 0. The molecule has 86 valence electrons. The van der Waals surface area contributed by atoms with Gasteiger partial charge in [0.05, 0.1) is 0 Å². The number of rotatable bonds is 5. The molecule has 0 atom stereocenters. The summed E-state index contributed by atoms with van der Waals surface area (Å²) in [6, 6.07) is 8.45. The van der Waals surface area contributed by atoms with Crippen LogP contribution in [0.4, 0.5) is 4.39 Å². The Morgan fingerprint density at radius 1 is 1.25 bits per heavy atom. The Morgan fingerprint density at radius 2 is 1.81 bits per heavy atom. The highest BCUT2D eigenvalue weighted by molar-refractivity contribution is 6.07. The van der Waals surface area contributed by atoms with E-state index in [0.717, 1.165) is 0 Å². The van der Waals surface area contributed by atoms with Gasteiger partial charge < -0.3 is 4.90 Å². The van der Waals surface area contributed by atoms with Crippen LogP contribution in [0.2, 0.25) is 0 Å². The molecule has 0 bridgehead atoms. The first kappa shape index (κ1) is 12.4. The molecule has 3 heteroatoms. The lowest BCUT2D eigenvalue weighted by Crippen LogP contribution is -2.17. The number of carbonyl (C=O) groups excluding carboxylic acids is 1. The minimum absolute atomic E-state index is 0.378. The van der Waals surface area contributed by atoms with E-state index in [1.54, 1.807) is 35.2 Å². The van der Waals surface area contributed by atoms with E-state index < -0.39 is 11.6 Å². The van der Waals surface area contributed by atoms with Gasteiger partial charge in [-0.15, -0.1) is 0 Å². The van der Waals surface area contributed by atoms with Crippen LogP contribution in [0, 0.1) is 0 Å². The molecule has 0 unspecified atom stereocenters. The Labute approximate surface area is 95.4 Å². The minimum Gasteiger partial charge on any atom is -0.375 e. The molecule has 2 nitrogen and oxygen atoms in total. The van der Waals surface area contributed by atoms with Gasteiger partial charge >= 0.3 is 0 Å². The Bertz CT molecular complexity index is 369. The predicted octanol–water partition coefficient (Wildman–Crippen LogP) is 3.02. The Morgan fingerprint density at radius 3 is 2.31 bits per heavy atom. The van der Waals surface area contributed by atoms with Gasteiger partial charge in [0, 0.05) is 24.9 Å². The number of ketones is 1. The standard InChI is InChI=1S/C13H16FNO/c1-3-15(4-2)10-12(14)13(16)11-8-6-5-7-9-11/h5-10H,3-4H2,1-2H3. The van der Waals surface area contributed by atoms with Crippen molar-refractivity contribution in [1.82, 2.24) is 4.90 Å². The summed E-state index contributed by atoms with van der Waals surface area (Å²) in [5.41, 5.74) is 0.378. The first-order valence-electron chi connectivity index (χ1n) is 5.40. The summed E-state index contributed by atoms with van der Waals surface area (Å²) in [5, 5.41) is 0. The lowest BCUT2D eigenvalue weighted by atomic mass is 10.1. The molecule has 1 aromatic rings. The minimum atomic E-state index is -0.713. The topological polar surface area (TPSA) is 20.3 Å². The summed E-state index contributed by atoms with van der Waals surface area (Å²) < 4.78 is 13.6. The highest BCUT2D eigenvalue weighted by atomic mass is 19.1. The molecule has 0 aromatic heterocycles. The van der Waals surface area contributed by atoms with E-state index >= 15 is 0 Å². The van der Waals surface area contributed by atoms with Gasteiger partial charge in [-0.3, -0.25) is 4.79 Å². The van der Waals surface area contributed by atoms with E-state index in [9.17, 15) is 9.18 Å². The van der Waals surface area contributed by atoms with Crippen LogP contribution in [-0.2, 0) is 0 Å². The van der Waals surface area contributed by atoms with Crippen molar-refractivity contribution >= 4 is 5.78 Å². The van der Waals surface area contributed by atoms with Crippen LogP contribution in [0.3, 0.4) is 0 Å². The maximum atomic E-state index is 13.6. The number of hydrogen-bond acceptors (Lipinski definition) is 2. The number of Topliss-reactive ketones (excluding diaryl/α,β-unsaturated/α-hetero) is 1. The van der Waals surface area contributed by atoms with E-state index in [-0.39, 0.29) is 0 Å². The number of benzene rings is 1. The second-order valence-electron chi connectivity index (χ2n) is 3.39. The molecular formula is C13H16FNO. The molecule has 0 aliphatic heterocycles. The van der Waals surface area contributed by atoms with Gasteiger partial charge in [-0.25, -0.2) is 4.39 Å². The highest BCUT2D eigenvalue weighted by Gasteiger charge is 2.12. The maximum absolute atomic E-state index is 13.6. The first-order valence-corrected chi connectivity index (χ1v) is 5.40. The van der Waals surface area contributed by atoms with Gasteiger partial charge in [0.2, 0.25) is 5.78 Å². The first-order chi connectivity index (χ1) is 7.69. The van der Waals surface area contributed by atoms with Crippen LogP contribution in [0.1, 0.15) is 24.2 Å². The third-order valence-electron chi connectivity index (χ3n) is 2.36. The third-order valence-corrected chi connectivity index (χ3v) is 2.36. The van der Waals surface area contributed by atoms with E-state index in [1.165, 1.54) is 6.20 Å². The van der Waals surface area contributed by atoms with E-state index in [4.69, 9.17) is 0 Å². The molecule has 0 radical (unpaired) electrons. The number of carbonyl (C=O) groups is 1. The van der Waals surface area contributed by atoms with Crippen LogP contribution in [0.5, 0.6) is 0 Å². The lowest BCUT2D eigenvalue weighted by molar-refractivity contribution is 0.100. The van der Waals surface area contributed by atoms with Gasteiger partial charge in [0.1, 0.15) is 0 Å². The quantitative estimate of drug-likeness (QED) is 0.562. The van der Waals surface area contributed by atoms with Crippen LogP contribution < -0.4 is 0 Å². The monoisotopic (exact) mass is 221 g/mol. The smallest absolute Gasteiger partial charge is 0.222 e. The molecule has 0 spiro atoms. The SMILES string of the molecule is CCN(C=C(F)C(=O)c1ccccc1)CC. The van der Waals surface area contributed by atoms with Gasteiger partial charge in [0.15, 0.2) is 5.83 Å². The molecular weight excluding hydrogens is 205 g/mol. The fourth-order valence-electron chi connectivity index (χ4n) is 1.35. The molecule has 1 aromatic carbocycles. The van der Waals surface area contributed by atoms with Gasteiger partial charge in [0.25, 0.3) is 0 Å². The fourth-order valence-corrected chi connectivity index (χ4v) is 1.35. The van der Waals surface area contributed by atoms with Gasteiger partial charge in [-0.2, -0.15) is 0 Å². The molecule has 1 rings (SSSR count). The van der Waals surface area contributed by atoms with Crippen molar-refractivity contribution in [1.29, 1.82) is 0 Å². The zero-order valence-corrected chi connectivity index (χ0v) is 9.61. The number of halogens is 1. The summed E-state index contributed by atoms with van der Waals surface area (Å²) in [6.45, 7) is 5.21. The predicted molar refractivity (Wildman–Crippen MR) is 62.9 cm³/mol. The Balaban J connectivity index is 2.82. The van der Waals surface area contributed by atoms with Crippen molar-refractivity contribution in [2.24, 2.45) is 0 Å². The molecule has 0 saturated heterocycles. The largest absolute Gasteiger partial charge is 0.375 e. The average Bonchev–Trinajstić information content (AvgIpc) is 2.35. The van der Waals surface area contributed by atoms with Crippen molar-refractivity contribution < 1.29 is 9.18 Å². The number of nitrogens with zero attached hydrogens (tertiary/aromatic N) is 1. The molecule has 0 heterocycles. The van der Waals surface area contributed by atoms with E-state index in [0.29, 0.717) is 18.7 Å². The molecule has 0 aliphatic carbocycles. The van der Waals surface area contributed by atoms with Crippen molar-refractivity contribution in [3.05, 3.63) is 47.9 Å². The van der Waals surface area contributed by atoms with Crippen molar-refractivity contribution in [3.63, 3.8) is 0 Å². The molecule has 0 N–H and O–H groups in total. The Hall–Kier alpha value is -1.64. The third kappa shape index (κ3) is 3.19. The second-order valence-corrected chi connectivity index (χ2v) is 3.39. The van der Waals surface area contributed by atoms with Crippen LogP contribution in [0.25, 0.3) is 0 Å². The molecule has 0 saturated carbocycles. The van der Waals surface area contributed by atoms with Crippen molar-refractivity contribution in [3.8, 4) is 0 Å². The summed E-state index contributed by atoms with van der Waals surface area (Å²) in [7, 11) is 0. The van der Waals surface area contributed by atoms with E-state index in [2.05, 4.69) is 0 Å². The maximum Gasteiger partial charge on any atom is 0.222 e. The fraction of sp³-hybridized carbons (Fsp3) is 0.308. The van der Waals surface area contributed by atoms with Crippen molar-refractivity contribution in [2.45, 2.75) is 13.8 Å². The van der Waals surface area contributed by atoms with E-state index in [1.807, 2.05) is 13.8 Å². The zero-order chi connectivity index (χ0) is 12.0. The molecule has 16 heavy (non-hydrogen) atoms. The number of allylic oxidation sites excluding steroid dienone is 1. The van der Waals surface area contributed by atoms with Crippen molar-refractivity contribution in [2.75, 3.05) is 13.1 Å². The summed E-state index contributed by atoms with van der Waals surface area (Å²) >= 11 is 0. The summed E-state index contributed by atoms with van der Waals surface area (Å²) in [6.07, 6.45) is 1.27.